The van der Waals surface area contributed by atoms with Crippen molar-refractivity contribution in [3.05, 3.63) is 89.0 Å². The van der Waals surface area contributed by atoms with E-state index in [1.165, 1.54) is 0 Å². The third-order valence-electron chi connectivity index (χ3n) is 5.40. The molecule has 0 fully saturated rings. The van der Waals surface area contributed by atoms with E-state index in [0.717, 1.165) is 28.0 Å². The Morgan fingerprint density at radius 2 is 1.84 bits per heavy atom. The molecule has 0 bridgehead atoms. The summed E-state index contributed by atoms with van der Waals surface area (Å²) in [4.78, 5) is 11.0. The Labute approximate surface area is 186 Å². The molecule has 4 rings (SSSR count). The summed E-state index contributed by atoms with van der Waals surface area (Å²) in [6, 6.07) is 21.3. The van der Waals surface area contributed by atoms with E-state index in [-0.39, 0.29) is 12.3 Å². The lowest BCUT2D eigenvalue weighted by molar-refractivity contribution is -0.137. The summed E-state index contributed by atoms with van der Waals surface area (Å²) in [7, 11) is 0. The Morgan fingerprint density at radius 3 is 2.59 bits per heavy atom. The van der Waals surface area contributed by atoms with Crippen LogP contribution >= 0.6 is 0 Å². The van der Waals surface area contributed by atoms with Crippen molar-refractivity contribution in [2.24, 2.45) is 0 Å². The van der Waals surface area contributed by atoms with E-state index in [4.69, 9.17) is 24.7 Å². The fourth-order valence-corrected chi connectivity index (χ4v) is 3.66. The first kappa shape index (κ1) is 21.4. The number of hydrogen-bond donors (Lipinski definition) is 2. The first-order valence-electron chi connectivity index (χ1n) is 10.5. The number of carbonyl (C=O) groups is 1. The molecule has 1 aliphatic heterocycles. The molecule has 3 aromatic rings. The summed E-state index contributed by atoms with van der Waals surface area (Å²) in [5, 5.41) is 15.2. The molecule has 0 amide bonds. The molecule has 0 aliphatic carbocycles. The molecule has 0 aromatic heterocycles. The van der Waals surface area contributed by atoms with Crippen LogP contribution in [0.25, 0.3) is 0 Å². The molecule has 1 atom stereocenters. The Balaban J connectivity index is 1.29. The Hall–Kier alpha value is -3.80. The van der Waals surface area contributed by atoms with Crippen LogP contribution in [0.1, 0.15) is 34.6 Å². The number of aliphatic carboxylic acids is 1. The predicted octanol–water partition coefficient (Wildman–Crippen LogP) is 3.15. The first-order chi connectivity index (χ1) is 15.5. The second kappa shape index (κ2) is 9.56. The van der Waals surface area contributed by atoms with Crippen LogP contribution < -0.4 is 19.6 Å². The lowest BCUT2D eigenvalue weighted by Crippen LogP contribution is -2.44. The Morgan fingerprint density at radius 1 is 1.06 bits per heavy atom. The van der Waals surface area contributed by atoms with Gasteiger partial charge in [0.15, 0.2) is 6.61 Å². The van der Waals surface area contributed by atoms with Gasteiger partial charge in [0.2, 0.25) is 5.71 Å². The van der Waals surface area contributed by atoms with Crippen molar-refractivity contribution in [3.63, 3.8) is 0 Å². The van der Waals surface area contributed by atoms with Crippen molar-refractivity contribution < 1.29 is 29.5 Å². The second-order valence-electron chi connectivity index (χ2n) is 7.92. The Kier molecular flexibility index (Phi) is 6.40. The number of benzene rings is 3. The van der Waals surface area contributed by atoms with Crippen LogP contribution in [-0.2, 0) is 11.4 Å². The second-order valence-corrected chi connectivity index (χ2v) is 7.92. The molecule has 1 unspecified atom stereocenters. The van der Waals surface area contributed by atoms with Gasteiger partial charge in [-0.3, -0.25) is 10.2 Å². The van der Waals surface area contributed by atoms with Crippen molar-refractivity contribution in [2.45, 2.75) is 25.9 Å². The van der Waals surface area contributed by atoms with E-state index in [1.807, 2.05) is 73.7 Å². The summed E-state index contributed by atoms with van der Waals surface area (Å²) >= 11 is 0. The zero-order valence-corrected chi connectivity index (χ0v) is 17.9. The maximum Gasteiger partial charge on any atom is 0.304 e. The molecule has 32 heavy (non-hydrogen) atoms. The zero-order valence-electron chi connectivity index (χ0n) is 17.9. The van der Waals surface area contributed by atoms with Gasteiger partial charge >= 0.3 is 5.97 Å². The van der Waals surface area contributed by atoms with Gasteiger partial charge in [-0.2, -0.15) is 0 Å². The van der Waals surface area contributed by atoms with Gasteiger partial charge in [-0.05, 0) is 42.8 Å². The van der Waals surface area contributed by atoms with Crippen LogP contribution in [0.3, 0.4) is 0 Å². The summed E-state index contributed by atoms with van der Waals surface area (Å²) in [5.74, 6) is 1.18. The van der Waals surface area contributed by atoms with Gasteiger partial charge < -0.3 is 19.3 Å². The maximum atomic E-state index is 11.0. The van der Waals surface area contributed by atoms with E-state index in [1.54, 1.807) is 0 Å². The molecule has 6 heteroatoms. The van der Waals surface area contributed by atoms with Gasteiger partial charge in [0.05, 0.1) is 13.0 Å². The minimum Gasteiger partial charge on any atom is -0.492 e. The molecule has 0 radical (unpaired) electrons. The highest BCUT2D eigenvalue weighted by atomic mass is 16.5. The van der Waals surface area contributed by atoms with Crippen LogP contribution in [0.5, 0.6) is 17.2 Å². The number of rotatable bonds is 9. The van der Waals surface area contributed by atoms with Crippen molar-refractivity contribution in [1.82, 2.24) is 0 Å². The highest BCUT2D eigenvalue weighted by Gasteiger charge is 2.26. The van der Waals surface area contributed by atoms with Crippen LogP contribution in [0.15, 0.2) is 66.7 Å². The van der Waals surface area contributed by atoms with Crippen molar-refractivity contribution in [3.8, 4) is 17.2 Å². The van der Waals surface area contributed by atoms with Gasteiger partial charge in [-0.15, -0.1) is 0 Å². The highest BCUT2D eigenvalue weighted by Crippen LogP contribution is 2.38. The lowest BCUT2D eigenvalue weighted by atomic mass is 9.98. The van der Waals surface area contributed by atoms with Gasteiger partial charge in [0.25, 0.3) is 0 Å². The van der Waals surface area contributed by atoms with E-state index in [2.05, 4.69) is 0 Å². The molecular formula is C26H26NO5+. The van der Waals surface area contributed by atoms with Crippen LogP contribution in [0.4, 0.5) is 0 Å². The minimum atomic E-state index is -0.824. The first-order valence-corrected chi connectivity index (χ1v) is 10.5. The lowest BCUT2D eigenvalue weighted by Gasteiger charge is -2.10. The Bertz CT molecular complexity index is 1120. The van der Waals surface area contributed by atoms with Gasteiger partial charge in [0, 0.05) is 23.1 Å². The number of carboxylic acid groups (broad SMARTS) is 1. The number of carboxylic acids is 1. The molecule has 3 N–H and O–H groups in total. The number of fused-ring (bicyclic) bond motifs is 1. The molecule has 1 aliphatic rings. The summed E-state index contributed by atoms with van der Waals surface area (Å²) in [6.45, 7) is 3.13. The molecule has 1 heterocycles. The normalized spacial score (nSPS) is 14.3. The summed E-state index contributed by atoms with van der Waals surface area (Å²) < 4.78 is 17.3. The van der Waals surface area contributed by atoms with Gasteiger partial charge in [0.1, 0.15) is 23.9 Å². The average molecular weight is 432 g/mol. The molecular weight excluding hydrogens is 406 g/mol. The molecule has 6 nitrogen and oxygen atoms in total. The fraction of sp³-hybridized carbons (Fsp3) is 0.231. The molecule has 164 valence electrons. The van der Waals surface area contributed by atoms with Crippen molar-refractivity contribution in [2.75, 3.05) is 13.2 Å². The van der Waals surface area contributed by atoms with Crippen molar-refractivity contribution in [1.29, 1.82) is 0 Å². The van der Waals surface area contributed by atoms with Crippen LogP contribution in [0, 0.1) is 6.92 Å². The molecule has 0 saturated carbocycles. The van der Waals surface area contributed by atoms with E-state index in [9.17, 15) is 4.79 Å². The average Bonchev–Trinajstić information content (AvgIpc) is 3.18. The SMILES string of the molecule is Cc1cccc(C(=[NH2+])COc2ccc(COc3ccc4c(c3)OCC4CC(=O)O)cc2)c1. The van der Waals surface area contributed by atoms with Crippen molar-refractivity contribution >= 4 is 11.7 Å². The monoisotopic (exact) mass is 432 g/mol. The van der Waals surface area contributed by atoms with Gasteiger partial charge in [-0.1, -0.05) is 35.9 Å². The summed E-state index contributed by atoms with van der Waals surface area (Å²) in [5.41, 5.74) is 4.74. The zero-order chi connectivity index (χ0) is 22.5. The third-order valence-corrected chi connectivity index (χ3v) is 5.40. The maximum absolute atomic E-state index is 11.0. The molecule has 3 aromatic carbocycles. The van der Waals surface area contributed by atoms with Gasteiger partial charge in [-0.25, -0.2) is 0 Å². The topological polar surface area (TPSA) is 90.6 Å². The third kappa shape index (κ3) is 5.27. The molecule has 0 spiro atoms. The number of ether oxygens (including phenoxy) is 3. The number of hydrogen-bond acceptors (Lipinski definition) is 4. The largest absolute Gasteiger partial charge is 0.492 e. The predicted molar refractivity (Wildman–Crippen MR) is 120 cm³/mol. The number of aryl methyl sites for hydroxylation is 1. The standard InChI is InChI=1S/C26H25NO5/c1-17-3-2-4-19(11-17)24(27)16-31-21-7-5-18(6-8-21)14-30-22-9-10-23-20(12-26(28)29)15-32-25(23)13-22/h2-11,13,20,27H,12,14-16H2,1H3,(H,28,29)/p+1. The van der Waals surface area contributed by atoms with E-state index >= 15 is 0 Å². The summed E-state index contributed by atoms with van der Waals surface area (Å²) in [6.07, 6.45) is 0.0655. The highest BCUT2D eigenvalue weighted by molar-refractivity contribution is 5.97. The van der Waals surface area contributed by atoms with E-state index in [0.29, 0.717) is 37.0 Å². The van der Waals surface area contributed by atoms with Crippen LogP contribution in [-0.4, -0.2) is 30.0 Å². The molecule has 0 saturated heterocycles. The van der Waals surface area contributed by atoms with Crippen LogP contribution in [0.2, 0.25) is 0 Å². The van der Waals surface area contributed by atoms with E-state index < -0.39 is 5.97 Å². The quantitative estimate of drug-likeness (QED) is 0.507. The number of nitrogens with two attached hydrogens (primary N) is 1. The minimum absolute atomic E-state index is 0.0655. The smallest absolute Gasteiger partial charge is 0.304 e. The fourth-order valence-electron chi connectivity index (χ4n) is 3.66.